The van der Waals surface area contributed by atoms with Crippen LogP contribution in [0.4, 0.5) is 13.2 Å². The average molecular weight is 290 g/mol. The number of fused-ring (bicyclic) bond motifs is 1. The summed E-state index contributed by atoms with van der Waals surface area (Å²) in [5.74, 6) is -0.0331. The van der Waals surface area contributed by atoms with Gasteiger partial charge in [0.25, 0.3) is 0 Å². The number of furan rings is 1. The Morgan fingerprint density at radius 2 is 1.71 bits per heavy atom. The molecule has 0 fully saturated rings. The Hall–Kier alpha value is -2.23. The predicted molar refractivity (Wildman–Crippen MR) is 76.1 cm³/mol. The second-order valence-corrected chi connectivity index (χ2v) is 5.06. The molecule has 0 N–H and O–H groups in total. The van der Waals surface area contributed by atoms with Gasteiger partial charge in [-0.25, -0.2) is 0 Å². The summed E-state index contributed by atoms with van der Waals surface area (Å²) in [4.78, 5) is 0. The van der Waals surface area contributed by atoms with Crippen LogP contribution in [-0.2, 0) is 6.42 Å². The van der Waals surface area contributed by atoms with E-state index in [4.69, 9.17) is 4.42 Å². The molecule has 0 aliphatic rings. The molecule has 0 amide bonds. The number of benzene rings is 2. The van der Waals surface area contributed by atoms with Crippen molar-refractivity contribution in [3.8, 4) is 11.1 Å². The van der Waals surface area contributed by atoms with E-state index in [0.717, 1.165) is 11.1 Å². The molecular formula is C17H13F3O. The molecule has 0 aliphatic heterocycles. The Morgan fingerprint density at radius 3 is 2.38 bits per heavy atom. The quantitative estimate of drug-likeness (QED) is 0.606. The van der Waals surface area contributed by atoms with Gasteiger partial charge < -0.3 is 4.42 Å². The van der Waals surface area contributed by atoms with Crippen LogP contribution in [0.1, 0.15) is 11.3 Å². The Bertz CT molecular complexity index is 770. The van der Waals surface area contributed by atoms with Crippen molar-refractivity contribution in [2.24, 2.45) is 0 Å². The van der Waals surface area contributed by atoms with E-state index in [1.807, 2.05) is 25.1 Å². The van der Waals surface area contributed by atoms with Crippen LogP contribution < -0.4 is 0 Å². The van der Waals surface area contributed by atoms with Crippen LogP contribution in [0.3, 0.4) is 0 Å². The number of hydrogen-bond acceptors (Lipinski definition) is 1. The Balaban J connectivity index is 2.25. The van der Waals surface area contributed by atoms with Gasteiger partial charge in [0, 0.05) is 10.9 Å². The van der Waals surface area contributed by atoms with Crippen LogP contribution in [0.25, 0.3) is 22.1 Å². The second kappa shape index (κ2) is 4.95. The average Bonchev–Trinajstić information content (AvgIpc) is 2.74. The van der Waals surface area contributed by atoms with Crippen molar-refractivity contribution in [2.45, 2.75) is 19.5 Å². The van der Waals surface area contributed by atoms with Crippen LogP contribution in [0, 0.1) is 6.92 Å². The zero-order valence-corrected chi connectivity index (χ0v) is 11.4. The molecule has 1 heterocycles. The molecule has 0 unspecified atom stereocenters. The van der Waals surface area contributed by atoms with Gasteiger partial charge in [0.05, 0.1) is 0 Å². The smallest absolute Gasteiger partial charge is 0.396 e. The van der Waals surface area contributed by atoms with Crippen molar-refractivity contribution < 1.29 is 17.6 Å². The fourth-order valence-electron chi connectivity index (χ4n) is 2.48. The first-order valence-electron chi connectivity index (χ1n) is 6.58. The van der Waals surface area contributed by atoms with Gasteiger partial charge in [0.15, 0.2) is 0 Å². The van der Waals surface area contributed by atoms with Gasteiger partial charge in [-0.3, -0.25) is 0 Å². The highest BCUT2D eigenvalue weighted by molar-refractivity contribution is 5.96. The molecule has 4 heteroatoms. The van der Waals surface area contributed by atoms with Crippen molar-refractivity contribution in [3.63, 3.8) is 0 Å². The van der Waals surface area contributed by atoms with Crippen LogP contribution in [-0.4, -0.2) is 6.18 Å². The van der Waals surface area contributed by atoms with Crippen molar-refractivity contribution in [1.82, 2.24) is 0 Å². The zero-order valence-electron chi connectivity index (χ0n) is 11.4. The van der Waals surface area contributed by atoms with Crippen molar-refractivity contribution in [2.75, 3.05) is 0 Å². The normalized spacial score (nSPS) is 12.0. The molecule has 3 rings (SSSR count). The third-order valence-electron chi connectivity index (χ3n) is 3.34. The number of alkyl halides is 3. The highest BCUT2D eigenvalue weighted by atomic mass is 19.4. The maximum Gasteiger partial charge on any atom is 0.396 e. The summed E-state index contributed by atoms with van der Waals surface area (Å²) in [5.41, 5.74) is 2.71. The third kappa shape index (κ3) is 2.79. The van der Waals surface area contributed by atoms with Crippen LogP contribution in [0.15, 0.2) is 52.9 Å². The zero-order chi connectivity index (χ0) is 15.0. The topological polar surface area (TPSA) is 13.1 Å². The van der Waals surface area contributed by atoms with E-state index < -0.39 is 12.6 Å². The standard InChI is InChI=1S/C17H13F3O/c1-11-7-8-13-14(9-11)21-15(10-17(18,19)20)16(13)12-5-3-2-4-6-12/h2-9H,10H2,1H3. The molecule has 21 heavy (non-hydrogen) atoms. The van der Waals surface area contributed by atoms with Crippen LogP contribution >= 0.6 is 0 Å². The lowest BCUT2D eigenvalue weighted by atomic mass is 10.00. The predicted octanol–water partition coefficient (Wildman–Crippen LogP) is 5.51. The molecule has 0 atom stereocenters. The number of aryl methyl sites for hydroxylation is 1. The fraction of sp³-hybridized carbons (Fsp3) is 0.176. The summed E-state index contributed by atoms with van der Waals surface area (Å²) < 4.78 is 43.8. The summed E-state index contributed by atoms with van der Waals surface area (Å²) in [6, 6.07) is 14.5. The minimum Gasteiger partial charge on any atom is -0.460 e. The van der Waals surface area contributed by atoms with E-state index in [2.05, 4.69) is 0 Å². The lowest BCUT2D eigenvalue weighted by Gasteiger charge is -2.06. The first-order valence-corrected chi connectivity index (χ1v) is 6.58. The Labute approximate surface area is 120 Å². The summed E-state index contributed by atoms with van der Waals surface area (Å²) >= 11 is 0. The summed E-state index contributed by atoms with van der Waals surface area (Å²) in [5, 5.41) is 0.714. The maximum atomic E-state index is 12.8. The van der Waals surface area contributed by atoms with Crippen molar-refractivity contribution in [3.05, 3.63) is 59.9 Å². The number of rotatable bonds is 2. The van der Waals surface area contributed by atoms with Crippen molar-refractivity contribution >= 4 is 11.0 Å². The lowest BCUT2D eigenvalue weighted by Crippen LogP contribution is -2.11. The first-order chi connectivity index (χ1) is 9.94. The van der Waals surface area contributed by atoms with Crippen LogP contribution in [0.5, 0.6) is 0 Å². The Morgan fingerprint density at radius 1 is 1.00 bits per heavy atom. The van der Waals surface area contributed by atoms with E-state index in [0.29, 0.717) is 16.5 Å². The van der Waals surface area contributed by atoms with Gasteiger partial charge in [-0.15, -0.1) is 0 Å². The molecular weight excluding hydrogens is 277 g/mol. The molecule has 108 valence electrons. The summed E-state index contributed by atoms with van der Waals surface area (Å²) in [6.07, 6.45) is -5.36. The van der Waals surface area contributed by atoms with Gasteiger partial charge in [-0.05, 0) is 24.1 Å². The van der Waals surface area contributed by atoms with E-state index in [1.165, 1.54) is 0 Å². The first kappa shape index (κ1) is 13.7. The SMILES string of the molecule is Cc1ccc2c(-c3ccccc3)c(CC(F)(F)F)oc2c1. The number of halogens is 3. The highest BCUT2D eigenvalue weighted by Crippen LogP contribution is 2.38. The lowest BCUT2D eigenvalue weighted by molar-refractivity contribution is -0.129. The molecule has 0 bridgehead atoms. The number of hydrogen-bond donors (Lipinski definition) is 0. The van der Waals surface area contributed by atoms with Crippen molar-refractivity contribution in [1.29, 1.82) is 0 Å². The molecule has 0 saturated carbocycles. The highest BCUT2D eigenvalue weighted by Gasteiger charge is 2.32. The molecule has 3 aromatic rings. The molecule has 0 spiro atoms. The summed E-state index contributed by atoms with van der Waals surface area (Å²) in [7, 11) is 0. The van der Waals surface area contributed by atoms with E-state index >= 15 is 0 Å². The van der Waals surface area contributed by atoms with E-state index in [-0.39, 0.29) is 5.76 Å². The van der Waals surface area contributed by atoms with E-state index in [9.17, 15) is 13.2 Å². The fourth-order valence-corrected chi connectivity index (χ4v) is 2.48. The van der Waals surface area contributed by atoms with Gasteiger partial charge in [0.1, 0.15) is 17.8 Å². The molecule has 1 nitrogen and oxygen atoms in total. The van der Waals surface area contributed by atoms with Gasteiger partial charge in [-0.1, -0.05) is 42.5 Å². The minimum absolute atomic E-state index is 0.0331. The second-order valence-electron chi connectivity index (χ2n) is 5.06. The molecule has 0 radical (unpaired) electrons. The monoisotopic (exact) mass is 290 g/mol. The largest absolute Gasteiger partial charge is 0.460 e. The van der Waals surface area contributed by atoms with Gasteiger partial charge in [-0.2, -0.15) is 13.2 Å². The molecule has 2 aromatic carbocycles. The van der Waals surface area contributed by atoms with Crippen LogP contribution in [0.2, 0.25) is 0 Å². The molecule has 0 saturated heterocycles. The van der Waals surface area contributed by atoms with Gasteiger partial charge >= 0.3 is 6.18 Å². The minimum atomic E-state index is -4.30. The maximum absolute atomic E-state index is 12.8. The third-order valence-corrected chi connectivity index (χ3v) is 3.34. The molecule has 1 aromatic heterocycles. The Kier molecular flexibility index (Phi) is 3.24. The summed E-state index contributed by atoms with van der Waals surface area (Å²) in [6.45, 7) is 1.88. The van der Waals surface area contributed by atoms with Gasteiger partial charge in [0.2, 0.25) is 0 Å². The molecule has 0 aliphatic carbocycles. The van der Waals surface area contributed by atoms with E-state index in [1.54, 1.807) is 30.3 Å².